The number of hydrogen-bond donors (Lipinski definition) is 1. The van der Waals surface area contributed by atoms with Crippen LogP contribution >= 0.6 is 0 Å². The van der Waals surface area contributed by atoms with Gasteiger partial charge in [-0.25, -0.2) is 5.84 Å². The number of nitrogens with two attached hydrogens (primary N) is 1. The second kappa shape index (κ2) is 7.14. The lowest BCUT2D eigenvalue weighted by Gasteiger charge is -2.07. The minimum absolute atomic E-state index is 0.565. The summed E-state index contributed by atoms with van der Waals surface area (Å²) in [5, 5.41) is 1.03. The summed E-state index contributed by atoms with van der Waals surface area (Å²) in [5.41, 5.74) is 0.692. The van der Waals surface area contributed by atoms with Crippen molar-refractivity contribution in [2.75, 3.05) is 5.01 Å². The van der Waals surface area contributed by atoms with Crippen molar-refractivity contribution >= 4 is 12.1 Å². The number of para-hydroxylation sites is 1. The van der Waals surface area contributed by atoms with Crippen LogP contribution in [0.2, 0.25) is 0 Å². The minimum atomic E-state index is 0.565. The van der Waals surface area contributed by atoms with Gasteiger partial charge in [-0.3, -0.25) is 14.8 Å². The van der Waals surface area contributed by atoms with Crippen LogP contribution in [0.25, 0.3) is 0 Å². The van der Waals surface area contributed by atoms with E-state index < -0.39 is 0 Å². The Hall–Kier alpha value is -2.20. The molecule has 2 rings (SSSR count). The third kappa shape index (κ3) is 4.34. The summed E-state index contributed by atoms with van der Waals surface area (Å²) >= 11 is 0. The number of rotatable bonds is 2. The van der Waals surface area contributed by atoms with E-state index in [1.54, 1.807) is 24.5 Å². The van der Waals surface area contributed by atoms with Crippen molar-refractivity contribution in [2.45, 2.75) is 0 Å². The molecule has 0 aliphatic heterocycles. The van der Waals surface area contributed by atoms with Crippen LogP contribution in [-0.2, 0) is 4.79 Å². The van der Waals surface area contributed by atoms with Crippen molar-refractivity contribution in [3.63, 3.8) is 0 Å². The Morgan fingerprint density at radius 2 is 1.56 bits per heavy atom. The zero-order valence-electron chi connectivity index (χ0n) is 8.73. The van der Waals surface area contributed by atoms with Crippen LogP contribution < -0.4 is 10.9 Å². The fourth-order valence-corrected chi connectivity index (χ4v) is 0.974. The number of nitrogens with zero attached hydrogens (tertiary/aromatic N) is 2. The van der Waals surface area contributed by atoms with Crippen LogP contribution in [0.1, 0.15) is 0 Å². The van der Waals surface area contributed by atoms with Crippen molar-refractivity contribution in [3.8, 4) is 0 Å². The molecule has 1 aromatic heterocycles. The Morgan fingerprint density at radius 3 is 1.94 bits per heavy atom. The van der Waals surface area contributed by atoms with Gasteiger partial charge in [-0.1, -0.05) is 24.3 Å². The molecule has 0 atom stereocenters. The third-order valence-electron chi connectivity index (χ3n) is 1.73. The molecule has 4 heteroatoms. The highest BCUT2D eigenvalue weighted by molar-refractivity contribution is 5.72. The lowest BCUT2D eigenvalue weighted by Crippen LogP contribution is -2.28. The van der Waals surface area contributed by atoms with Crippen LogP contribution in [0.15, 0.2) is 60.9 Å². The van der Waals surface area contributed by atoms with Gasteiger partial charge in [0.15, 0.2) is 0 Å². The average Bonchev–Trinajstić information content (AvgIpc) is 2.41. The van der Waals surface area contributed by atoms with E-state index >= 15 is 0 Å². The number of hydrogen-bond acceptors (Lipinski definition) is 3. The first kappa shape index (κ1) is 11.9. The Kier molecular flexibility index (Phi) is 5.30. The van der Waals surface area contributed by atoms with Crippen LogP contribution in [0.3, 0.4) is 0 Å². The van der Waals surface area contributed by atoms with Crippen molar-refractivity contribution in [1.82, 2.24) is 4.98 Å². The van der Waals surface area contributed by atoms with E-state index in [4.69, 9.17) is 5.84 Å². The van der Waals surface area contributed by atoms with Crippen LogP contribution in [0, 0.1) is 0 Å². The molecule has 4 nitrogen and oxygen atoms in total. The maximum Gasteiger partial charge on any atom is 0.228 e. The number of benzene rings is 1. The summed E-state index contributed by atoms with van der Waals surface area (Å²) in [5.74, 6) is 5.26. The molecule has 0 radical (unpaired) electrons. The van der Waals surface area contributed by atoms with Crippen LogP contribution in [0.5, 0.6) is 0 Å². The van der Waals surface area contributed by atoms with Gasteiger partial charge in [0.25, 0.3) is 0 Å². The topological polar surface area (TPSA) is 59.2 Å². The number of amides is 1. The van der Waals surface area contributed by atoms with E-state index in [1.807, 2.05) is 36.4 Å². The standard InChI is InChI=1S/C7H8N2O.C5H5N/c8-9(6-10)7-4-2-1-3-5-7;1-2-4-6-5-3-1/h1-6H,8H2;1-5H. The fraction of sp³-hybridized carbons (Fsp3) is 0. The van der Waals surface area contributed by atoms with Crippen molar-refractivity contribution in [2.24, 2.45) is 5.84 Å². The summed E-state index contributed by atoms with van der Waals surface area (Å²) in [6, 6.07) is 14.7. The molecule has 16 heavy (non-hydrogen) atoms. The van der Waals surface area contributed by atoms with Gasteiger partial charge in [-0.05, 0) is 24.3 Å². The lowest BCUT2D eigenvalue weighted by molar-refractivity contribution is -0.107. The highest BCUT2D eigenvalue weighted by Gasteiger charge is 1.94. The number of carbonyl (C=O) groups excluding carboxylic acids is 1. The van der Waals surface area contributed by atoms with Crippen LogP contribution in [0.4, 0.5) is 5.69 Å². The van der Waals surface area contributed by atoms with E-state index in [0.717, 1.165) is 5.01 Å². The second-order valence-corrected chi connectivity index (χ2v) is 2.87. The molecule has 0 aliphatic carbocycles. The molecule has 0 aliphatic rings. The number of pyridine rings is 1. The molecular weight excluding hydrogens is 202 g/mol. The van der Waals surface area contributed by atoms with Gasteiger partial charge in [-0.15, -0.1) is 0 Å². The Labute approximate surface area is 94.3 Å². The normalized spacial score (nSPS) is 8.56. The Morgan fingerprint density at radius 1 is 1.00 bits per heavy atom. The van der Waals surface area contributed by atoms with Gasteiger partial charge in [0.1, 0.15) is 0 Å². The first-order chi connectivity index (χ1) is 7.84. The lowest BCUT2D eigenvalue weighted by atomic mass is 10.3. The SMILES string of the molecule is NN(C=O)c1ccccc1.c1ccncc1. The molecule has 0 spiro atoms. The number of hydrazine groups is 1. The number of aromatic nitrogens is 1. The van der Waals surface area contributed by atoms with Gasteiger partial charge in [0.05, 0.1) is 5.69 Å². The van der Waals surface area contributed by atoms with Gasteiger partial charge in [-0.2, -0.15) is 0 Å². The van der Waals surface area contributed by atoms with E-state index in [0.29, 0.717) is 12.1 Å². The Bertz CT molecular complexity index is 365. The van der Waals surface area contributed by atoms with Gasteiger partial charge < -0.3 is 0 Å². The van der Waals surface area contributed by atoms with E-state index in [2.05, 4.69) is 4.98 Å². The van der Waals surface area contributed by atoms with Crippen molar-refractivity contribution in [3.05, 3.63) is 60.9 Å². The highest BCUT2D eigenvalue weighted by Crippen LogP contribution is 2.06. The maximum absolute atomic E-state index is 10.1. The van der Waals surface area contributed by atoms with E-state index in [1.165, 1.54) is 0 Å². The van der Waals surface area contributed by atoms with Crippen LogP contribution in [-0.4, -0.2) is 11.4 Å². The maximum atomic E-state index is 10.1. The first-order valence-electron chi connectivity index (χ1n) is 4.74. The van der Waals surface area contributed by atoms with E-state index in [-0.39, 0.29) is 0 Å². The molecule has 2 aromatic rings. The predicted molar refractivity (Wildman–Crippen MR) is 63.4 cm³/mol. The molecule has 82 valence electrons. The minimum Gasteiger partial charge on any atom is -0.277 e. The molecule has 0 unspecified atom stereocenters. The molecule has 1 heterocycles. The van der Waals surface area contributed by atoms with Gasteiger partial charge in [0.2, 0.25) is 6.41 Å². The molecule has 0 saturated carbocycles. The summed E-state index contributed by atoms with van der Waals surface area (Å²) < 4.78 is 0. The fourth-order valence-electron chi connectivity index (χ4n) is 0.974. The highest BCUT2D eigenvalue weighted by atomic mass is 16.1. The van der Waals surface area contributed by atoms with Gasteiger partial charge in [0, 0.05) is 12.4 Å². The second-order valence-electron chi connectivity index (χ2n) is 2.87. The molecule has 2 N–H and O–H groups in total. The number of anilines is 1. The predicted octanol–water partition coefficient (Wildman–Crippen LogP) is 1.60. The summed E-state index contributed by atoms with van der Waals surface area (Å²) in [6.07, 6.45) is 4.06. The van der Waals surface area contributed by atoms with E-state index in [9.17, 15) is 4.79 Å². The molecule has 0 saturated heterocycles. The quantitative estimate of drug-likeness (QED) is 0.358. The largest absolute Gasteiger partial charge is 0.277 e. The van der Waals surface area contributed by atoms with Crippen molar-refractivity contribution in [1.29, 1.82) is 0 Å². The zero-order chi connectivity index (χ0) is 11.6. The average molecular weight is 215 g/mol. The number of carbonyl (C=O) groups is 1. The molecule has 1 aromatic carbocycles. The molecule has 0 bridgehead atoms. The molecular formula is C12H13N3O. The molecule has 1 amide bonds. The Balaban J connectivity index is 0.000000181. The summed E-state index contributed by atoms with van der Waals surface area (Å²) in [7, 11) is 0. The van der Waals surface area contributed by atoms with Gasteiger partial charge >= 0.3 is 0 Å². The smallest absolute Gasteiger partial charge is 0.228 e. The monoisotopic (exact) mass is 215 g/mol. The first-order valence-corrected chi connectivity index (χ1v) is 4.74. The summed E-state index contributed by atoms with van der Waals surface area (Å²) in [6.45, 7) is 0. The summed E-state index contributed by atoms with van der Waals surface area (Å²) in [4.78, 5) is 13.9. The third-order valence-corrected chi connectivity index (χ3v) is 1.73. The van der Waals surface area contributed by atoms with Crippen molar-refractivity contribution < 1.29 is 4.79 Å². The molecule has 0 fully saturated rings. The zero-order valence-corrected chi connectivity index (χ0v) is 8.73.